The first kappa shape index (κ1) is 14.1. The van der Waals surface area contributed by atoms with Gasteiger partial charge in [-0.05, 0) is 24.7 Å². The monoisotopic (exact) mass is 278 g/mol. The first-order valence-corrected chi connectivity index (χ1v) is 6.61. The zero-order valence-electron chi connectivity index (χ0n) is 11.3. The van der Waals surface area contributed by atoms with E-state index in [-0.39, 0.29) is 6.04 Å². The van der Waals surface area contributed by atoms with E-state index < -0.39 is 0 Å². The fourth-order valence-electron chi connectivity index (χ4n) is 2.17. The third-order valence-electron chi connectivity index (χ3n) is 3.30. The van der Waals surface area contributed by atoms with E-state index in [4.69, 9.17) is 17.3 Å². The molecule has 102 valence electrons. The quantitative estimate of drug-likeness (QED) is 0.912. The van der Waals surface area contributed by atoms with E-state index in [9.17, 15) is 0 Å². The van der Waals surface area contributed by atoms with E-state index in [0.717, 1.165) is 23.0 Å². The van der Waals surface area contributed by atoms with Crippen LogP contribution in [0.5, 0.6) is 0 Å². The summed E-state index contributed by atoms with van der Waals surface area (Å²) in [6.45, 7) is 1.29. The molecule has 2 rings (SSSR count). The van der Waals surface area contributed by atoms with Crippen LogP contribution in [0.2, 0.25) is 5.02 Å². The van der Waals surface area contributed by atoms with Gasteiger partial charge in [0.05, 0.1) is 6.54 Å². The molecule has 2 aromatic rings. The van der Waals surface area contributed by atoms with Crippen molar-refractivity contribution in [2.45, 2.75) is 12.6 Å². The van der Waals surface area contributed by atoms with E-state index in [0.29, 0.717) is 6.54 Å². The molecule has 0 aliphatic rings. The van der Waals surface area contributed by atoms with Crippen molar-refractivity contribution >= 4 is 11.6 Å². The van der Waals surface area contributed by atoms with E-state index in [1.807, 2.05) is 43.1 Å². The molecule has 1 aromatic heterocycles. The molecule has 0 fully saturated rings. The van der Waals surface area contributed by atoms with Gasteiger partial charge in [-0.3, -0.25) is 4.90 Å². The lowest BCUT2D eigenvalue weighted by molar-refractivity contribution is 0.234. The Morgan fingerprint density at radius 3 is 2.84 bits per heavy atom. The van der Waals surface area contributed by atoms with Crippen LogP contribution in [-0.2, 0) is 13.6 Å². The summed E-state index contributed by atoms with van der Waals surface area (Å²) in [7, 11) is 4.04. The van der Waals surface area contributed by atoms with Crippen molar-refractivity contribution in [3.8, 4) is 0 Å². The number of rotatable bonds is 5. The summed E-state index contributed by atoms with van der Waals surface area (Å²) in [5.74, 6) is 1.02. The first-order valence-electron chi connectivity index (χ1n) is 6.23. The van der Waals surface area contributed by atoms with Crippen LogP contribution in [-0.4, -0.2) is 28.0 Å². The number of nitrogens with two attached hydrogens (primary N) is 1. The van der Waals surface area contributed by atoms with Gasteiger partial charge in [0.2, 0.25) is 0 Å². The molecule has 0 aliphatic heterocycles. The molecule has 0 amide bonds. The number of hydrogen-bond donors (Lipinski definition) is 1. The van der Waals surface area contributed by atoms with Crippen molar-refractivity contribution in [3.63, 3.8) is 0 Å². The van der Waals surface area contributed by atoms with E-state index in [2.05, 4.69) is 16.0 Å². The second-order valence-corrected chi connectivity index (χ2v) is 5.11. The summed E-state index contributed by atoms with van der Waals surface area (Å²) in [5.41, 5.74) is 7.04. The van der Waals surface area contributed by atoms with Crippen LogP contribution in [0.25, 0.3) is 0 Å². The van der Waals surface area contributed by atoms with Crippen molar-refractivity contribution in [1.29, 1.82) is 0 Å². The third kappa shape index (κ3) is 3.35. The van der Waals surface area contributed by atoms with Gasteiger partial charge in [0.15, 0.2) is 0 Å². The number of benzene rings is 1. The standard InChI is InChI=1S/C14H19ClN4/c1-18-7-6-17-14(18)10-19(2)13(9-16)11-4-3-5-12(15)8-11/h3-8,13H,9-10,16H2,1-2H3. The minimum absolute atomic E-state index is 0.135. The van der Waals surface area contributed by atoms with E-state index in [1.54, 1.807) is 6.20 Å². The van der Waals surface area contributed by atoms with Gasteiger partial charge in [-0.1, -0.05) is 23.7 Å². The van der Waals surface area contributed by atoms with Gasteiger partial charge in [-0.2, -0.15) is 0 Å². The minimum Gasteiger partial charge on any atom is -0.337 e. The Balaban J connectivity index is 2.15. The Morgan fingerprint density at radius 2 is 2.26 bits per heavy atom. The summed E-state index contributed by atoms with van der Waals surface area (Å²) in [6, 6.07) is 7.98. The lowest BCUT2D eigenvalue weighted by Crippen LogP contribution is -2.31. The zero-order chi connectivity index (χ0) is 13.8. The van der Waals surface area contributed by atoms with Crippen molar-refractivity contribution in [1.82, 2.24) is 14.5 Å². The molecule has 0 saturated heterocycles. The average Bonchev–Trinajstić information content (AvgIpc) is 2.76. The summed E-state index contributed by atoms with van der Waals surface area (Å²) >= 11 is 6.04. The topological polar surface area (TPSA) is 47.1 Å². The molecule has 1 atom stereocenters. The molecular formula is C14H19ClN4. The number of hydrogen-bond acceptors (Lipinski definition) is 3. The van der Waals surface area contributed by atoms with Gasteiger partial charge >= 0.3 is 0 Å². The number of imidazole rings is 1. The highest BCUT2D eigenvalue weighted by molar-refractivity contribution is 6.30. The zero-order valence-corrected chi connectivity index (χ0v) is 12.0. The van der Waals surface area contributed by atoms with Crippen LogP contribution in [0.15, 0.2) is 36.7 Å². The van der Waals surface area contributed by atoms with Crippen molar-refractivity contribution < 1.29 is 0 Å². The molecule has 2 N–H and O–H groups in total. The molecule has 19 heavy (non-hydrogen) atoms. The van der Waals surface area contributed by atoms with Crippen LogP contribution in [0.3, 0.4) is 0 Å². The number of aryl methyl sites for hydroxylation is 1. The van der Waals surface area contributed by atoms with Crippen molar-refractivity contribution in [2.75, 3.05) is 13.6 Å². The van der Waals surface area contributed by atoms with E-state index >= 15 is 0 Å². The SMILES string of the molecule is CN(Cc1nccn1C)C(CN)c1cccc(Cl)c1. The maximum Gasteiger partial charge on any atom is 0.122 e. The molecule has 0 bridgehead atoms. The fraction of sp³-hybridized carbons (Fsp3) is 0.357. The average molecular weight is 279 g/mol. The lowest BCUT2D eigenvalue weighted by atomic mass is 10.1. The van der Waals surface area contributed by atoms with Gasteiger partial charge in [0, 0.05) is 37.1 Å². The molecule has 1 unspecified atom stereocenters. The molecule has 0 radical (unpaired) electrons. The predicted molar refractivity (Wildman–Crippen MR) is 77.9 cm³/mol. The second-order valence-electron chi connectivity index (χ2n) is 4.68. The van der Waals surface area contributed by atoms with Crippen LogP contribution in [0.4, 0.5) is 0 Å². The molecule has 0 spiro atoms. The Bertz CT molecular complexity index is 538. The van der Waals surface area contributed by atoms with Gasteiger partial charge in [-0.25, -0.2) is 4.98 Å². The first-order chi connectivity index (χ1) is 9.11. The highest BCUT2D eigenvalue weighted by Crippen LogP contribution is 2.22. The van der Waals surface area contributed by atoms with Crippen LogP contribution in [0, 0.1) is 0 Å². The number of nitrogens with zero attached hydrogens (tertiary/aromatic N) is 3. The Morgan fingerprint density at radius 1 is 1.47 bits per heavy atom. The molecule has 1 aromatic carbocycles. The number of likely N-dealkylation sites (N-methyl/N-ethyl adjacent to an activating group) is 1. The maximum atomic E-state index is 6.04. The summed E-state index contributed by atoms with van der Waals surface area (Å²) < 4.78 is 2.02. The fourth-order valence-corrected chi connectivity index (χ4v) is 2.37. The Hall–Kier alpha value is -1.36. The Labute approximate surface area is 118 Å². The largest absolute Gasteiger partial charge is 0.337 e. The van der Waals surface area contributed by atoms with Crippen molar-refractivity contribution in [3.05, 3.63) is 53.1 Å². The molecular weight excluding hydrogens is 260 g/mol. The highest BCUT2D eigenvalue weighted by atomic mass is 35.5. The van der Waals surface area contributed by atoms with E-state index in [1.165, 1.54) is 0 Å². The van der Waals surface area contributed by atoms with Crippen molar-refractivity contribution in [2.24, 2.45) is 12.8 Å². The predicted octanol–water partition coefficient (Wildman–Crippen LogP) is 2.21. The van der Waals surface area contributed by atoms with Crippen LogP contribution < -0.4 is 5.73 Å². The van der Waals surface area contributed by atoms with Gasteiger partial charge in [0.1, 0.15) is 5.82 Å². The smallest absolute Gasteiger partial charge is 0.122 e. The van der Waals surface area contributed by atoms with Gasteiger partial charge in [-0.15, -0.1) is 0 Å². The number of halogens is 1. The summed E-state index contributed by atoms with van der Waals surface area (Å²) in [5, 5.41) is 0.737. The summed E-state index contributed by atoms with van der Waals surface area (Å²) in [6.07, 6.45) is 3.75. The molecule has 0 saturated carbocycles. The van der Waals surface area contributed by atoms with Crippen LogP contribution in [0.1, 0.15) is 17.4 Å². The van der Waals surface area contributed by atoms with Gasteiger partial charge < -0.3 is 10.3 Å². The molecule has 4 nitrogen and oxygen atoms in total. The normalized spacial score (nSPS) is 12.9. The Kier molecular flexibility index (Phi) is 4.58. The summed E-state index contributed by atoms with van der Waals surface area (Å²) in [4.78, 5) is 6.53. The van der Waals surface area contributed by atoms with Crippen LogP contribution >= 0.6 is 11.6 Å². The van der Waals surface area contributed by atoms with Gasteiger partial charge in [0.25, 0.3) is 0 Å². The molecule has 0 aliphatic carbocycles. The molecule has 1 heterocycles. The minimum atomic E-state index is 0.135. The third-order valence-corrected chi connectivity index (χ3v) is 3.54. The number of aromatic nitrogens is 2. The lowest BCUT2D eigenvalue weighted by Gasteiger charge is -2.27. The molecule has 5 heteroatoms. The highest BCUT2D eigenvalue weighted by Gasteiger charge is 2.17. The maximum absolute atomic E-state index is 6.04. The second kappa shape index (κ2) is 6.19.